The van der Waals surface area contributed by atoms with Crippen molar-refractivity contribution in [1.29, 1.82) is 0 Å². The predicted octanol–water partition coefficient (Wildman–Crippen LogP) is 3.19. The van der Waals surface area contributed by atoms with Gasteiger partial charge in [0.15, 0.2) is 0 Å². The highest BCUT2D eigenvalue weighted by Gasteiger charge is 2.16. The van der Waals surface area contributed by atoms with Gasteiger partial charge in [-0.2, -0.15) is 0 Å². The lowest BCUT2D eigenvalue weighted by Crippen LogP contribution is -2.41. The third-order valence-electron chi connectivity index (χ3n) is 4.25. The van der Waals surface area contributed by atoms with Gasteiger partial charge in [-0.25, -0.2) is 0 Å². The van der Waals surface area contributed by atoms with Crippen molar-refractivity contribution in [3.8, 4) is 0 Å². The number of amides is 2. The fraction of sp³-hybridized carbons (Fsp3) is 0.429. The minimum absolute atomic E-state index is 0.00721. The van der Waals surface area contributed by atoms with Crippen molar-refractivity contribution in [2.45, 2.75) is 39.2 Å². The number of thiophene rings is 1. The minimum Gasteiger partial charge on any atom is -0.355 e. The van der Waals surface area contributed by atoms with Gasteiger partial charge in [-0.3, -0.25) is 14.9 Å². The Labute approximate surface area is 165 Å². The molecule has 6 heteroatoms. The van der Waals surface area contributed by atoms with Gasteiger partial charge in [0.25, 0.3) is 0 Å². The maximum absolute atomic E-state index is 12.1. The molecule has 2 rings (SSSR count). The molecule has 1 aromatic carbocycles. The maximum atomic E-state index is 12.1. The number of carbonyl (C=O) groups excluding carboxylic acids is 2. The fourth-order valence-electron chi connectivity index (χ4n) is 2.67. The van der Waals surface area contributed by atoms with E-state index in [0.29, 0.717) is 12.5 Å². The predicted molar refractivity (Wildman–Crippen MR) is 111 cm³/mol. The Hall–Kier alpha value is -2.18. The van der Waals surface area contributed by atoms with E-state index in [1.165, 1.54) is 5.56 Å². The van der Waals surface area contributed by atoms with Gasteiger partial charge in [0.1, 0.15) is 0 Å². The van der Waals surface area contributed by atoms with Crippen molar-refractivity contribution in [3.63, 3.8) is 0 Å². The first-order chi connectivity index (χ1) is 13.0. The monoisotopic (exact) mass is 387 g/mol. The topological polar surface area (TPSA) is 70.2 Å². The summed E-state index contributed by atoms with van der Waals surface area (Å²) in [5.41, 5.74) is 2.41. The maximum Gasteiger partial charge on any atom is 0.239 e. The van der Waals surface area contributed by atoms with Crippen molar-refractivity contribution in [1.82, 2.24) is 16.0 Å². The third kappa shape index (κ3) is 6.81. The summed E-state index contributed by atoms with van der Waals surface area (Å²) in [5.74, 6) is 0.128. The molecule has 0 unspecified atom stereocenters. The molecule has 0 bridgehead atoms. The number of benzene rings is 1. The Kier molecular flexibility index (Phi) is 8.48. The van der Waals surface area contributed by atoms with Crippen LogP contribution in [0.3, 0.4) is 0 Å². The van der Waals surface area contributed by atoms with Crippen molar-refractivity contribution >= 4 is 23.2 Å². The van der Waals surface area contributed by atoms with Crippen LogP contribution in [0.25, 0.3) is 0 Å². The number of hydrogen-bond acceptors (Lipinski definition) is 4. The van der Waals surface area contributed by atoms with E-state index in [4.69, 9.17) is 0 Å². The molecule has 2 amide bonds. The highest BCUT2D eigenvalue weighted by molar-refractivity contribution is 7.10. The van der Waals surface area contributed by atoms with Gasteiger partial charge in [-0.05, 0) is 34.9 Å². The molecule has 0 aliphatic carbocycles. The average molecular weight is 388 g/mol. The van der Waals surface area contributed by atoms with E-state index in [-0.39, 0.29) is 30.9 Å². The molecule has 0 fully saturated rings. The van der Waals surface area contributed by atoms with Gasteiger partial charge in [0, 0.05) is 11.4 Å². The Morgan fingerprint density at radius 3 is 2.22 bits per heavy atom. The standard InChI is InChI=1S/C21H29N3O2S/c1-4-11-22-19(25)13-23-20(26)14-24-21(18-6-5-12-27-18)17-9-7-16(8-10-17)15(2)3/h5-10,12,15,21,24H,4,11,13-14H2,1-3H3,(H,22,25)(H,23,26)/t21-/m0/s1. The molecule has 0 aliphatic rings. The minimum atomic E-state index is -0.193. The Bertz CT molecular complexity index is 712. The second-order valence-corrected chi connectivity index (χ2v) is 7.76. The summed E-state index contributed by atoms with van der Waals surface area (Å²) in [4.78, 5) is 24.9. The zero-order valence-corrected chi connectivity index (χ0v) is 17.1. The summed E-state index contributed by atoms with van der Waals surface area (Å²) in [5, 5.41) is 10.8. The Balaban J connectivity index is 1.96. The molecule has 5 nitrogen and oxygen atoms in total. The first-order valence-corrected chi connectivity index (χ1v) is 10.3. The molecule has 2 aromatic rings. The molecular weight excluding hydrogens is 358 g/mol. The van der Waals surface area contributed by atoms with Crippen LogP contribution in [0.2, 0.25) is 0 Å². The largest absolute Gasteiger partial charge is 0.355 e. The van der Waals surface area contributed by atoms with Gasteiger partial charge in [-0.15, -0.1) is 11.3 Å². The van der Waals surface area contributed by atoms with Gasteiger partial charge in [0.05, 0.1) is 19.1 Å². The van der Waals surface area contributed by atoms with Crippen molar-refractivity contribution in [3.05, 3.63) is 57.8 Å². The fourth-order valence-corrected chi connectivity index (χ4v) is 3.50. The molecule has 1 aromatic heterocycles. The molecule has 0 radical (unpaired) electrons. The normalized spacial score (nSPS) is 12.0. The van der Waals surface area contributed by atoms with Gasteiger partial charge < -0.3 is 10.6 Å². The first-order valence-electron chi connectivity index (χ1n) is 9.41. The van der Waals surface area contributed by atoms with Crippen LogP contribution in [-0.2, 0) is 9.59 Å². The van der Waals surface area contributed by atoms with E-state index in [9.17, 15) is 9.59 Å². The lowest BCUT2D eigenvalue weighted by molar-refractivity contribution is -0.125. The molecule has 27 heavy (non-hydrogen) atoms. The molecular formula is C21H29N3O2S. The zero-order chi connectivity index (χ0) is 19.6. The summed E-state index contributed by atoms with van der Waals surface area (Å²) in [7, 11) is 0. The van der Waals surface area contributed by atoms with E-state index in [0.717, 1.165) is 16.9 Å². The molecule has 3 N–H and O–H groups in total. The second-order valence-electron chi connectivity index (χ2n) is 6.78. The Morgan fingerprint density at radius 1 is 0.963 bits per heavy atom. The summed E-state index contributed by atoms with van der Waals surface area (Å²) >= 11 is 1.66. The van der Waals surface area contributed by atoms with Crippen molar-refractivity contribution < 1.29 is 9.59 Å². The molecule has 0 aliphatic heterocycles. The van der Waals surface area contributed by atoms with Crippen LogP contribution in [0, 0.1) is 0 Å². The van der Waals surface area contributed by atoms with Crippen LogP contribution in [0.15, 0.2) is 41.8 Å². The number of nitrogens with one attached hydrogen (secondary N) is 3. The highest BCUT2D eigenvalue weighted by Crippen LogP contribution is 2.27. The summed E-state index contributed by atoms with van der Waals surface area (Å²) in [6.45, 7) is 7.11. The molecule has 0 saturated carbocycles. The first kappa shape index (κ1) is 21.1. The molecule has 146 valence electrons. The average Bonchev–Trinajstić information content (AvgIpc) is 3.19. The second kappa shape index (κ2) is 10.8. The van der Waals surface area contributed by atoms with E-state index >= 15 is 0 Å². The van der Waals surface area contributed by atoms with Crippen LogP contribution in [0.5, 0.6) is 0 Å². The van der Waals surface area contributed by atoms with Crippen LogP contribution in [0.1, 0.15) is 55.2 Å². The van der Waals surface area contributed by atoms with Crippen LogP contribution in [0.4, 0.5) is 0 Å². The van der Waals surface area contributed by atoms with E-state index in [1.807, 2.05) is 18.4 Å². The van der Waals surface area contributed by atoms with E-state index in [2.05, 4.69) is 60.1 Å². The van der Waals surface area contributed by atoms with Gasteiger partial charge in [-0.1, -0.05) is 51.1 Å². The van der Waals surface area contributed by atoms with Crippen molar-refractivity contribution in [2.75, 3.05) is 19.6 Å². The molecule has 0 spiro atoms. The molecule has 0 saturated heterocycles. The molecule has 1 atom stereocenters. The number of rotatable bonds is 10. The van der Waals surface area contributed by atoms with E-state index in [1.54, 1.807) is 11.3 Å². The van der Waals surface area contributed by atoms with Gasteiger partial charge >= 0.3 is 0 Å². The van der Waals surface area contributed by atoms with Gasteiger partial charge in [0.2, 0.25) is 11.8 Å². The SMILES string of the molecule is CCCNC(=O)CNC(=O)CN[C@@H](c1ccc(C(C)C)cc1)c1cccs1. The highest BCUT2D eigenvalue weighted by atomic mass is 32.1. The summed E-state index contributed by atoms with van der Waals surface area (Å²) < 4.78 is 0. The molecule has 1 heterocycles. The van der Waals surface area contributed by atoms with Crippen LogP contribution >= 0.6 is 11.3 Å². The van der Waals surface area contributed by atoms with Crippen molar-refractivity contribution in [2.24, 2.45) is 0 Å². The lowest BCUT2D eigenvalue weighted by Gasteiger charge is -2.19. The lowest BCUT2D eigenvalue weighted by atomic mass is 9.98. The smallest absolute Gasteiger partial charge is 0.239 e. The number of carbonyl (C=O) groups is 2. The Morgan fingerprint density at radius 2 is 1.63 bits per heavy atom. The zero-order valence-electron chi connectivity index (χ0n) is 16.2. The summed E-state index contributed by atoms with van der Waals surface area (Å²) in [6.07, 6.45) is 0.874. The van der Waals surface area contributed by atoms with Crippen LogP contribution in [-0.4, -0.2) is 31.4 Å². The number of hydrogen-bond donors (Lipinski definition) is 3. The van der Waals surface area contributed by atoms with E-state index < -0.39 is 0 Å². The summed E-state index contributed by atoms with van der Waals surface area (Å²) in [6, 6.07) is 12.5. The third-order valence-corrected chi connectivity index (χ3v) is 5.19. The quantitative estimate of drug-likeness (QED) is 0.586. The van der Waals surface area contributed by atoms with Crippen LogP contribution < -0.4 is 16.0 Å².